The van der Waals surface area contributed by atoms with Crippen molar-refractivity contribution in [3.8, 4) is 0 Å². The number of carbonyl (C=O) groups is 1. The van der Waals surface area contributed by atoms with Gasteiger partial charge in [0.1, 0.15) is 6.04 Å². The Morgan fingerprint density at radius 1 is 1.42 bits per heavy atom. The van der Waals surface area contributed by atoms with Gasteiger partial charge in [0, 0.05) is 37.6 Å². The Morgan fingerprint density at radius 3 is 2.58 bits per heavy atom. The largest absolute Gasteiger partial charge is 0.435 e. The third-order valence-electron chi connectivity index (χ3n) is 3.74. The average molecular weight is 343 g/mol. The molecule has 0 radical (unpaired) electrons. The van der Waals surface area contributed by atoms with Crippen LogP contribution < -0.4 is 0 Å². The molecule has 9 heteroatoms. The number of nitrogens with zero attached hydrogens (tertiary/aromatic N) is 5. The van der Waals surface area contributed by atoms with Gasteiger partial charge >= 0.3 is 6.18 Å². The van der Waals surface area contributed by atoms with E-state index in [0.29, 0.717) is 6.54 Å². The predicted molar refractivity (Wildman–Crippen MR) is 81.1 cm³/mol. The molecule has 2 aromatic heterocycles. The maximum Gasteiger partial charge on any atom is 0.435 e. The summed E-state index contributed by atoms with van der Waals surface area (Å²) in [7, 11) is 1.60. The lowest BCUT2D eigenvalue weighted by Crippen LogP contribution is -2.33. The van der Waals surface area contributed by atoms with Gasteiger partial charge in [0.25, 0.3) is 0 Å². The number of hydrogen-bond acceptors (Lipinski definition) is 3. The molecule has 0 aliphatic rings. The SMILES string of the molecule is CCn1cc(CN(C)C(=O)[C@@H](C)n2nc(C(F)(F)F)cc2C)cn1. The fourth-order valence-corrected chi connectivity index (χ4v) is 2.45. The second kappa shape index (κ2) is 6.66. The number of alkyl halides is 3. The highest BCUT2D eigenvalue weighted by Gasteiger charge is 2.35. The van der Waals surface area contributed by atoms with Gasteiger partial charge in [0.05, 0.1) is 6.20 Å². The molecule has 24 heavy (non-hydrogen) atoms. The molecule has 1 amide bonds. The van der Waals surface area contributed by atoms with Crippen LogP contribution in [-0.4, -0.2) is 37.4 Å². The second-order valence-electron chi connectivity index (χ2n) is 5.69. The van der Waals surface area contributed by atoms with Gasteiger partial charge in [-0.3, -0.25) is 14.2 Å². The standard InChI is InChI=1S/C15H20F3N5O/c1-5-22-9-12(7-19-22)8-21(4)14(24)11(3)23-10(2)6-13(20-23)15(16,17)18/h6-7,9,11H,5,8H2,1-4H3/t11-/m1/s1. The molecule has 1 atom stereocenters. The number of likely N-dealkylation sites (N-methyl/N-ethyl adjacent to an activating group) is 1. The van der Waals surface area contributed by atoms with Crippen molar-refractivity contribution >= 4 is 5.91 Å². The Kier molecular flexibility index (Phi) is 5.00. The summed E-state index contributed by atoms with van der Waals surface area (Å²) in [5, 5.41) is 7.67. The van der Waals surface area contributed by atoms with Crippen molar-refractivity contribution in [2.45, 2.75) is 46.1 Å². The first-order valence-corrected chi connectivity index (χ1v) is 7.53. The molecule has 0 aliphatic heterocycles. The Labute approximate surface area is 137 Å². The number of aromatic nitrogens is 4. The first-order valence-electron chi connectivity index (χ1n) is 7.53. The summed E-state index contributed by atoms with van der Waals surface area (Å²) >= 11 is 0. The molecule has 0 spiro atoms. The van der Waals surface area contributed by atoms with E-state index in [1.165, 1.54) is 18.7 Å². The zero-order valence-corrected chi connectivity index (χ0v) is 14.0. The van der Waals surface area contributed by atoms with E-state index < -0.39 is 17.9 Å². The minimum absolute atomic E-state index is 0.287. The van der Waals surface area contributed by atoms with Crippen LogP contribution in [0.1, 0.15) is 36.8 Å². The van der Waals surface area contributed by atoms with Gasteiger partial charge in [-0.1, -0.05) is 0 Å². The molecule has 2 aromatic rings. The van der Waals surface area contributed by atoms with Gasteiger partial charge in [-0.2, -0.15) is 23.4 Å². The molecule has 0 saturated heterocycles. The molecular weight excluding hydrogens is 323 g/mol. The fraction of sp³-hybridized carbons (Fsp3) is 0.533. The molecule has 0 aromatic carbocycles. The van der Waals surface area contributed by atoms with Crippen LogP contribution in [0.4, 0.5) is 13.2 Å². The van der Waals surface area contributed by atoms with Crippen LogP contribution in [0, 0.1) is 6.92 Å². The zero-order valence-electron chi connectivity index (χ0n) is 14.0. The van der Waals surface area contributed by atoms with Crippen LogP contribution >= 0.6 is 0 Å². The van der Waals surface area contributed by atoms with E-state index in [0.717, 1.165) is 22.9 Å². The third-order valence-corrected chi connectivity index (χ3v) is 3.74. The van der Waals surface area contributed by atoms with Crippen LogP contribution in [-0.2, 0) is 24.1 Å². The number of carbonyl (C=O) groups excluding carboxylic acids is 1. The van der Waals surface area contributed by atoms with Gasteiger partial charge in [-0.25, -0.2) is 0 Å². The fourth-order valence-electron chi connectivity index (χ4n) is 2.45. The molecule has 6 nitrogen and oxygen atoms in total. The summed E-state index contributed by atoms with van der Waals surface area (Å²) in [5.74, 6) is -0.320. The Bertz CT molecular complexity index is 719. The van der Waals surface area contributed by atoms with E-state index in [2.05, 4.69) is 10.2 Å². The third kappa shape index (κ3) is 3.77. The van der Waals surface area contributed by atoms with Gasteiger partial charge < -0.3 is 4.90 Å². The van der Waals surface area contributed by atoms with Crippen molar-refractivity contribution in [2.75, 3.05) is 7.05 Å². The Hall–Kier alpha value is -2.32. The highest BCUT2D eigenvalue weighted by molar-refractivity contribution is 5.79. The smallest absolute Gasteiger partial charge is 0.339 e. The number of amides is 1. The minimum atomic E-state index is -4.53. The molecular formula is C15H20F3N5O. The molecule has 132 valence electrons. The summed E-state index contributed by atoms with van der Waals surface area (Å²) in [6, 6.07) is 0.113. The van der Waals surface area contributed by atoms with Crippen molar-refractivity contribution < 1.29 is 18.0 Å². The maximum absolute atomic E-state index is 12.7. The van der Waals surface area contributed by atoms with Crippen LogP contribution in [0.3, 0.4) is 0 Å². The average Bonchev–Trinajstić information content (AvgIpc) is 3.11. The summed E-state index contributed by atoms with van der Waals surface area (Å²) in [4.78, 5) is 13.9. The van der Waals surface area contributed by atoms with Crippen molar-refractivity contribution in [3.63, 3.8) is 0 Å². The van der Waals surface area contributed by atoms with Gasteiger partial charge in [0.15, 0.2) is 5.69 Å². The lowest BCUT2D eigenvalue weighted by molar-refractivity contribution is -0.142. The molecule has 0 N–H and O–H groups in total. The van der Waals surface area contributed by atoms with Gasteiger partial charge in [-0.05, 0) is 26.8 Å². The number of rotatable bonds is 5. The van der Waals surface area contributed by atoms with Crippen molar-refractivity contribution in [3.05, 3.63) is 35.4 Å². The summed E-state index contributed by atoms with van der Waals surface area (Å²) in [5.41, 5.74) is 0.148. The molecule has 2 rings (SSSR count). The van der Waals surface area contributed by atoms with Crippen LogP contribution in [0.2, 0.25) is 0 Å². The number of halogens is 3. The molecule has 0 aliphatic carbocycles. The Morgan fingerprint density at radius 2 is 2.08 bits per heavy atom. The van der Waals surface area contributed by atoms with Crippen molar-refractivity contribution in [1.29, 1.82) is 0 Å². The van der Waals surface area contributed by atoms with E-state index in [-0.39, 0.29) is 11.6 Å². The first kappa shape index (κ1) is 18.0. The van der Waals surface area contributed by atoms with E-state index in [4.69, 9.17) is 0 Å². The summed E-state index contributed by atoms with van der Waals surface area (Å²) < 4.78 is 41.1. The quantitative estimate of drug-likeness (QED) is 0.839. The van der Waals surface area contributed by atoms with Crippen LogP contribution in [0.25, 0.3) is 0 Å². The zero-order chi connectivity index (χ0) is 18.1. The molecule has 0 fully saturated rings. The summed E-state index contributed by atoms with van der Waals surface area (Å²) in [6.45, 7) is 6.04. The van der Waals surface area contributed by atoms with E-state index in [1.807, 2.05) is 13.1 Å². The van der Waals surface area contributed by atoms with E-state index in [1.54, 1.807) is 17.9 Å². The lowest BCUT2D eigenvalue weighted by atomic mass is 10.2. The number of aryl methyl sites for hydroxylation is 2. The topological polar surface area (TPSA) is 56.0 Å². The summed E-state index contributed by atoms with van der Waals surface area (Å²) in [6.07, 6.45) is -1.03. The lowest BCUT2D eigenvalue weighted by Gasteiger charge is -2.22. The normalized spacial score (nSPS) is 13.1. The molecule has 0 bridgehead atoms. The van der Waals surface area contributed by atoms with Gasteiger partial charge in [0.2, 0.25) is 5.91 Å². The van der Waals surface area contributed by atoms with Crippen LogP contribution in [0.15, 0.2) is 18.5 Å². The number of hydrogen-bond donors (Lipinski definition) is 0. The van der Waals surface area contributed by atoms with Crippen LogP contribution in [0.5, 0.6) is 0 Å². The molecule has 2 heterocycles. The monoisotopic (exact) mass is 343 g/mol. The van der Waals surface area contributed by atoms with Crippen molar-refractivity contribution in [1.82, 2.24) is 24.5 Å². The Balaban J connectivity index is 2.12. The first-order chi connectivity index (χ1) is 11.1. The van der Waals surface area contributed by atoms with E-state index >= 15 is 0 Å². The second-order valence-corrected chi connectivity index (χ2v) is 5.69. The highest BCUT2D eigenvalue weighted by atomic mass is 19.4. The molecule has 0 unspecified atom stereocenters. The maximum atomic E-state index is 12.7. The minimum Gasteiger partial charge on any atom is -0.339 e. The highest BCUT2D eigenvalue weighted by Crippen LogP contribution is 2.29. The molecule has 0 saturated carbocycles. The van der Waals surface area contributed by atoms with E-state index in [9.17, 15) is 18.0 Å². The van der Waals surface area contributed by atoms with Crippen molar-refractivity contribution in [2.24, 2.45) is 0 Å². The van der Waals surface area contributed by atoms with Gasteiger partial charge in [-0.15, -0.1) is 0 Å². The predicted octanol–water partition coefficient (Wildman–Crippen LogP) is 2.65.